The van der Waals surface area contributed by atoms with Crippen molar-refractivity contribution in [2.75, 3.05) is 11.1 Å². The Morgan fingerprint density at radius 3 is 2.44 bits per heavy atom. The number of rotatable bonds is 9. The number of anilines is 1. The molecule has 2 aromatic rings. The van der Waals surface area contributed by atoms with Crippen molar-refractivity contribution in [2.24, 2.45) is 0 Å². The number of alkyl halides is 3. The minimum atomic E-state index is -4.39. The van der Waals surface area contributed by atoms with Gasteiger partial charge in [0.05, 0.1) is 17.9 Å². The molecule has 34 heavy (non-hydrogen) atoms. The monoisotopic (exact) mass is 497 g/mol. The number of carbonyl (C=O) groups is 1. The predicted octanol–water partition coefficient (Wildman–Crippen LogP) is 6.15. The molecule has 0 radical (unpaired) electrons. The second kappa shape index (κ2) is 11.5. The molecule has 0 unspecified atom stereocenters. The molecule has 1 aliphatic rings. The molecule has 1 aromatic carbocycles. The highest BCUT2D eigenvalue weighted by Crippen LogP contribution is 2.34. The summed E-state index contributed by atoms with van der Waals surface area (Å²) in [5.41, 5.74) is -0.317. The van der Waals surface area contributed by atoms with E-state index in [0.717, 1.165) is 37.8 Å². The van der Waals surface area contributed by atoms with Crippen LogP contribution >= 0.6 is 11.8 Å². The third kappa shape index (κ3) is 6.67. The summed E-state index contributed by atoms with van der Waals surface area (Å²) in [6.45, 7) is 8.27. The molecule has 0 aliphatic heterocycles. The van der Waals surface area contributed by atoms with Crippen LogP contribution in [-0.2, 0) is 17.5 Å². The molecule has 1 fully saturated rings. The third-order valence-electron chi connectivity index (χ3n) is 6.04. The fraction of sp³-hybridized carbons (Fsp3) is 0.625. The summed E-state index contributed by atoms with van der Waals surface area (Å²) in [5.74, 6) is 0.989. The van der Waals surface area contributed by atoms with Crippen LogP contribution < -0.4 is 5.32 Å². The van der Waals surface area contributed by atoms with Crippen LogP contribution in [0.15, 0.2) is 29.4 Å². The summed E-state index contributed by atoms with van der Waals surface area (Å²) in [6.07, 6.45) is 1.02. The van der Waals surface area contributed by atoms with Crippen LogP contribution in [0.3, 0.4) is 0 Å². The van der Waals surface area contributed by atoms with E-state index >= 15 is 0 Å². The molecule has 1 aromatic heterocycles. The first-order valence-corrected chi connectivity index (χ1v) is 12.9. The summed E-state index contributed by atoms with van der Waals surface area (Å²) in [5, 5.41) is 12.5. The Morgan fingerprint density at radius 1 is 1.15 bits per heavy atom. The molecule has 3 rings (SSSR count). The van der Waals surface area contributed by atoms with Gasteiger partial charge >= 0.3 is 6.18 Å². The highest BCUT2D eigenvalue weighted by molar-refractivity contribution is 7.99. The number of benzene rings is 1. The van der Waals surface area contributed by atoms with E-state index in [1.807, 2.05) is 32.6 Å². The standard InChI is InChI=1S/C24H34F3N5OS/c1-16(2)31(17(3)4)22(33)15-34-23-30-29-21(32(23)20-11-6-5-7-12-20)14-28-19-10-8-9-18(13-19)24(25,26)27/h8-10,13,16-17,20,28H,5-7,11-12,14-15H2,1-4H3. The summed E-state index contributed by atoms with van der Waals surface area (Å²) < 4.78 is 41.3. The number of nitrogens with one attached hydrogen (secondary N) is 1. The first kappa shape index (κ1) is 26.4. The van der Waals surface area contributed by atoms with Crippen LogP contribution in [0.5, 0.6) is 0 Å². The molecule has 10 heteroatoms. The van der Waals surface area contributed by atoms with Crippen molar-refractivity contribution in [2.45, 2.75) is 95.8 Å². The van der Waals surface area contributed by atoms with Crippen LogP contribution in [0.25, 0.3) is 0 Å². The van der Waals surface area contributed by atoms with Crippen LogP contribution in [0, 0.1) is 0 Å². The topological polar surface area (TPSA) is 63.1 Å². The van der Waals surface area contributed by atoms with Gasteiger partial charge in [0.2, 0.25) is 5.91 Å². The maximum absolute atomic E-state index is 13.1. The SMILES string of the molecule is CC(C)N(C(=O)CSc1nnc(CNc2cccc(C(F)(F)F)c2)n1C1CCCCC1)C(C)C. The van der Waals surface area contributed by atoms with Gasteiger partial charge in [0.1, 0.15) is 0 Å². The second-order valence-electron chi connectivity index (χ2n) is 9.27. The van der Waals surface area contributed by atoms with Crippen molar-refractivity contribution in [1.29, 1.82) is 0 Å². The molecule has 0 saturated heterocycles. The van der Waals surface area contributed by atoms with Gasteiger partial charge in [0.25, 0.3) is 0 Å². The van der Waals surface area contributed by atoms with Gasteiger partial charge in [-0.15, -0.1) is 10.2 Å². The number of nitrogens with zero attached hydrogens (tertiary/aromatic N) is 4. The minimum Gasteiger partial charge on any atom is -0.378 e. The summed E-state index contributed by atoms with van der Waals surface area (Å²) in [6, 6.07) is 5.59. The lowest BCUT2D eigenvalue weighted by atomic mass is 9.95. The molecule has 1 N–H and O–H groups in total. The van der Waals surface area contributed by atoms with E-state index in [2.05, 4.69) is 20.1 Å². The smallest absolute Gasteiger partial charge is 0.378 e. The van der Waals surface area contributed by atoms with Gasteiger partial charge in [0.15, 0.2) is 11.0 Å². The summed E-state index contributed by atoms with van der Waals surface area (Å²) in [7, 11) is 0. The highest BCUT2D eigenvalue weighted by Gasteiger charge is 2.30. The first-order chi connectivity index (χ1) is 16.1. The van der Waals surface area contributed by atoms with Gasteiger partial charge in [-0.05, 0) is 58.7 Å². The number of halogens is 3. The van der Waals surface area contributed by atoms with Crippen molar-refractivity contribution in [3.63, 3.8) is 0 Å². The molecule has 1 heterocycles. The van der Waals surface area contributed by atoms with Gasteiger partial charge in [-0.25, -0.2) is 0 Å². The highest BCUT2D eigenvalue weighted by atomic mass is 32.2. The van der Waals surface area contributed by atoms with Crippen molar-refractivity contribution in [3.05, 3.63) is 35.7 Å². The number of aromatic nitrogens is 3. The molecule has 0 atom stereocenters. The van der Waals surface area contributed by atoms with Crippen LogP contribution in [0.4, 0.5) is 18.9 Å². The van der Waals surface area contributed by atoms with Crippen LogP contribution in [0.2, 0.25) is 0 Å². The minimum absolute atomic E-state index is 0.0526. The lowest BCUT2D eigenvalue weighted by molar-refractivity contribution is -0.137. The zero-order valence-electron chi connectivity index (χ0n) is 20.2. The van der Waals surface area contributed by atoms with Crippen molar-refractivity contribution in [1.82, 2.24) is 19.7 Å². The molecule has 6 nitrogen and oxygen atoms in total. The molecule has 1 saturated carbocycles. The number of thioether (sulfide) groups is 1. The van der Waals surface area contributed by atoms with E-state index in [9.17, 15) is 18.0 Å². The Hall–Kier alpha value is -2.23. The van der Waals surface area contributed by atoms with Gasteiger partial charge in [-0.3, -0.25) is 4.79 Å². The van der Waals surface area contributed by atoms with Crippen molar-refractivity contribution >= 4 is 23.4 Å². The largest absolute Gasteiger partial charge is 0.416 e. The van der Waals surface area contributed by atoms with Gasteiger partial charge in [-0.2, -0.15) is 13.2 Å². The Bertz CT molecular complexity index is 946. The number of carbonyl (C=O) groups excluding carboxylic acids is 1. The zero-order valence-corrected chi connectivity index (χ0v) is 21.0. The lowest BCUT2D eigenvalue weighted by Crippen LogP contribution is -2.43. The Labute approximate surface area is 203 Å². The van der Waals surface area contributed by atoms with E-state index in [4.69, 9.17) is 0 Å². The molecule has 1 aliphatic carbocycles. The maximum atomic E-state index is 13.1. The first-order valence-electron chi connectivity index (χ1n) is 11.9. The summed E-state index contributed by atoms with van der Waals surface area (Å²) in [4.78, 5) is 14.7. The Morgan fingerprint density at radius 2 is 1.82 bits per heavy atom. The van der Waals surface area contributed by atoms with Crippen LogP contribution in [-0.4, -0.2) is 43.4 Å². The van der Waals surface area contributed by atoms with Gasteiger partial charge in [-0.1, -0.05) is 37.1 Å². The average Bonchev–Trinajstić information content (AvgIpc) is 3.19. The molecular formula is C24H34F3N5OS. The molecule has 0 bridgehead atoms. The number of hydrogen-bond donors (Lipinski definition) is 1. The predicted molar refractivity (Wildman–Crippen MR) is 129 cm³/mol. The van der Waals surface area contributed by atoms with E-state index in [1.165, 1.54) is 24.2 Å². The maximum Gasteiger partial charge on any atom is 0.416 e. The average molecular weight is 498 g/mol. The number of hydrogen-bond acceptors (Lipinski definition) is 5. The lowest BCUT2D eigenvalue weighted by Gasteiger charge is -2.31. The van der Waals surface area contributed by atoms with Crippen molar-refractivity contribution in [3.8, 4) is 0 Å². The molecule has 1 amide bonds. The van der Waals surface area contributed by atoms with Crippen molar-refractivity contribution < 1.29 is 18.0 Å². The van der Waals surface area contributed by atoms with Gasteiger partial charge in [0, 0.05) is 23.8 Å². The van der Waals surface area contributed by atoms with E-state index in [1.54, 1.807) is 6.07 Å². The quantitative estimate of drug-likeness (QED) is 0.421. The Kier molecular flexibility index (Phi) is 8.89. The molecule has 188 valence electrons. The van der Waals surface area contributed by atoms with Crippen LogP contribution in [0.1, 0.15) is 77.2 Å². The van der Waals surface area contributed by atoms with E-state index in [-0.39, 0.29) is 36.3 Å². The normalized spacial score (nSPS) is 15.2. The number of amides is 1. The second-order valence-corrected chi connectivity index (χ2v) is 10.2. The zero-order chi connectivity index (χ0) is 24.9. The fourth-order valence-electron chi connectivity index (χ4n) is 4.59. The third-order valence-corrected chi connectivity index (χ3v) is 6.97. The summed E-state index contributed by atoms with van der Waals surface area (Å²) >= 11 is 1.38. The molecular weight excluding hydrogens is 463 g/mol. The van der Waals surface area contributed by atoms with E-state index < -0.39 is 11.7 Å². The Balaban J connectivity index is 1.77. The molecule has 0 spiro atoms. The fourth-order valence-corrected chi connectivity index (χ4v) is 5.49. The van der Waals surface area contributed by atoms with Gasteiger partial charge < -0.3 is 14.8 Å². The van der Waals surface area contributed by atoms with E-state index in [0.29, 0.717) is 16.7 Å².